The quantitative estimate of drug-likeness (QED) is 0.293. The highest BCUT2D eigenvalue weighted by molar-refractivity contribution is 7.89. The maximum absolute atomic E-state index is 13.2. The van der Waals surface area contributed by atoms with Crippen molar-refractivity contribution in [3.63, 3.8) is 0 Å². The van der Waals surface area contributed by atoms with Crippen LogP contribution in [0, 0.1) is 0 Å². The van der Waals surface area contributed by atoms with Crippen LogP contribution in [0.2, 0.25) is 0 Å². The maximum Gasteiger partial charge on any atom is 0.280 e. The molecule has 38 heavy (non-hydrogen) atoms. The van der Waals surface area contributed by atoms with Crippen LogP contribution in [-0.4, -0.2) is 39.9 Å². The lowest BCUT2D eigenvalue weighted by Crippen LogP contribution is -2.23. The number of nitrogens with zero attached hydrogens (tertiary/aromatic N) is 3. The van der Waals surface area contributed by atoms with Crippen LogP contribution in [0.5, 0.6) is 17.2 Å². The predicted octanol–water partition coefficient (Wildman–Crippen LogP) is 3.97. The first kappa shape index (κ1) is 24.8. The Bertz CT molecular complexity index is 1780. The molecule has 0 saturated heterocycles. The van der Waals surface area contributed by atoms with Gasteiger partial charge in [-0.05, 0) is 48.5 Å². The summed E-state index contributed by atoms with van der Waals surface area (Å²) < 4.78 is 53.3. The molecule has 0 fully saturated rings. The van der Waals surface area contributed by atoms with Gasteiger partial charge in [0.2, 0.25) is 11.4 Å². The average molecular weight is 535 g/mol. The normalized spacial score (nSPS) is 11.9. The first-order chi connectivity index (χ1) is 18.4. The highest BCUT2D eigenvalue weighted by atomic mass is 32.2. The topological polar surface area (TPSA) is 138 Å². The van der Waals surface area contributed by atoms with Crippen molar-refractivity contribution in [1.29, 1.82) is 0 Å². The Morgan fingerprint density at radius 2 is 1.61 bits per heavy atom. The van der Waals surface area contributed by atoms with E-state index in [4.69, 9.17) is 23.2 Å². The maximum atomic E-state index is 13.2. The predicted molar refractivity (Wildman–Crippen MR) is 137 cm³/mol. The molecule has 12 heteroatoms. The summed E-state index contributed by atoms with van der Waals surface area (Å²) in [5, 5.41) is 8.85. The van der Waals surface area contributed by atoms with Crippen molar-refractivity contribution in [1.82, 2.24) is 15.0 Å². The van der Waals surface area contributed by atoms with Crippen molar-refractivity contribution < 1.29 is 31.6 Å². The van der Waals surface area contributed by atoms with Gasteiger partial charge in [0.05, 0.1) is 21.3 Å². The molecule has 3 aromatic carbocycles. The van der Waals surface area contributed by atoms with Gasteiger partial charge in [-0.2, -0.15) is 18.2 Å². The first-order valence-electron chi connectivity index (χ1n) is 11.2. The van der Waals surface area contributed by atoms with Crippen LogP contribution in [0.25, 0.3) is 33.8 Å². The van der Waals surface area contributed by atoms with E-state index in [1.165, 1.54) is 26.4 Å². The van der Waals surface area contributed by atoms with Crippen molar-refractivity contribution in [2.45, 2.75) is 4.90 Å². The van der Waals surface area contributed by atoms with Gasteiger partial charge in [-0.25, -0.2) is 0 Å². The van der Waals surface area contributed by atoms with E-state index in [9.17, 15) is 8.42 Å². The van der Waals surface area contributed by atoms with Crippen LogP contribution in [-0.2, 0) is 10.0 Å². The van der Waals surface area contributed by atoms with Crippen LogP contribution in [0.4, 0.5) is 0 Å². The fraction of sp³-hybridized carbons (Fsp3) is 0.115. The molecule has 0 atom stereocenters. The van der Waals surface area contributed by atoms with Gasteiger partial charge in [-0.3, -0.25) is 0 Å². The smallest absolute Gasteiger partial charge is 0.280 e. The van der Waals surface area contributed by atoms with E-state index in [2.05, 4.69) is 20.1 Å². The molecule has 5 rings (SSSR count). The summed E-state index contributed by atoms with van der Waals surface area (Å²) in [6, 6.07) is 20.4. The van der Waals surface area contributed by atoms with E-state index in [1.54, 1.807) is 55.6 Å². The molecule has 11 nitrogen and oxygen atoms in total. The molecule has 0 unspecified atom stereocenters. The van der Waals surface area contributed by atoms with Crippen molar-refractivity contribution in [2.75, 3.05) is 21.3 Å². The number of benzene rings is 3. The van der Waals surface area contributed by atoms with Crippen LogP contribution in [0.15, 0.2) is 91.7 Å². The molecule has 5 aromatic rings. The SMILES string of the molecule is COc1ccc(-c2noc(-c3cc4ccccc4o/c3=N\NS(=O)(=O)c3cc(OC)ccc3OC)n2)cc1. The average Bonchev–Trinajstić information content (AvgIpc) is 3.45. The summed E-state index contributed by atoms with van der Waals surface area (Å²) in [6.07, 6.45) is 0. The zero-order valence-corrected chi connectivity index (χ0v) is 21.4. The number of hydrogen-bond donors (Lipinski definition) is 1. The van der Waals surface area contributed by atoms with Crippen molar-refractivity contribution in [3.05, 3.63) is 78.4 Å². The molecule has 0 spiro atoms. The molecule has 0 radical (unpaired) electrons. The van der Waals surface area contributed by atoms with Crippen molar-refractivity contribution in [3.8, 4) is 40.1 Å². The molecular formula is C26H22N4O7S. The standard InChI is InChI=1S/C26H22N4O7S/c1-33-18-10-8-16(9-11-18)24-27-25(37-29-24)20-14-17-6-4-5-7-21(17)36-26(20)28-30-38(31,32)23-15-19(34-2)12-13-22(23)35-3/h4-15,30H,1-3H3/b28-26-. The minimum Gasteiger partial charge on any atom is -0.497 e. The highest BCUT2D eigenvalue weighted by Gasteiger charge is 2.21. The van der Waals surface area contributed by atoms with Gasteiger partial charge in [-0.1, -0.05) is 23.4 Å². The minimum atomic E-state index is -4.19. The summed E-state index contributed by atoms with van der Waals surface area (Å²) in [6.45, 7) is 0. The zero-order chi connectivity index (χ0) is 26.7. The lowest BCUT2D eigenvalue weighted by atomic mass is 10.2. The lowest BCUT2D eigenvalue weighted by molar-refractivity contribution is 0.392. The van der Waals surface area contributed by atoms with Gasteiger partial charge in [0.15, 0.2) is 0 Å². The molecule has 0 aliphatic carbocycles. The Morgan fingerprint density at radius 1 is 0.868 bits per heavy atom. The second kappa shape index (κ2) is 10.3. The van der Waals surface area contributed by atoms with Gasteiger partial charge >= 0.3 is 0 Å². The number of ether oxygens (including phenoxy) is 3. The van der Waals surface area contributed by atoms with E-state index in [1.807, 2.05) is 12.1 Å². The second-order valence-corrected chi connectivity index (χ2v) is 9.51. The number of para-hydroxylation sites is 1. The molecule has 194 valence electrons. The van der Waals surface area contributed by atoms with E-state index in [0.717, 1.165) is 5.39 Å². The Kier molecular flexibility index (Phi) is 6.71. The summed E-state index contributed by atoms with van der Waals surface area (Å²) in [5.41, 5.74) is 1.38. The lowest BCUT2D eigenvalue weighted by Gasteiger charge is -2.10. The highest BCUT2D eigenvalue weighted by Crippen LogP contribution is 2.28. The first-order valence-corrected chi connectivity index (χ1v) is 12.7. The third-order valence-corrected chi connectivity index (χ3v) is 6.82. The fourth-order valence-corrected chi connectivity index (χ4v) is 4.63. The Hall–Kier alpha value is -4.84. The molecule has 1 N–H and O–H groups in total. The monoisotopic (exact) mass is 534 g/mol. The van der Waals surface area contributed by atoms with E-state index >= 15 is 0 Å². The van der Waals surface area contributed by atoms with Crippen molar-refractivity contribution >= 4 is 21.0 Å². The van der Waals surface area contributed by atoms with Gasteiger partial charge in [0.25, 0.3) is 15.9 Å². The summed E-state index contributed by atoms with van der Waals surface area (Å²) in [7, 11) is 0.184. The Balaban J connectivity index is 1.59. The third-order valence-electron chi connectivity index (χ3n) is 5.59. The summed E-state index contributed by atoms with van der Waals surface area (Å²) >= 11 is 0. The summed E-state index contributed by atoms with van der Waals surface area (Å²) in [4.78, 5) is 6.52. The van der Waals surface area contributed by atoms with Crippen LogP contribution in [0.1, 0.15) is 0 Å². The zero-order valence-electron chi connectivity index (χ0n) is 20.5. The second-order valence-electron chi connectivity index (χ2n) is 7.88. The van der Waals surface area contributed by atoms with Gasteiger partial charge in [0, 0.05) is 17.0 Å². The number of sulfonamides is 1. The molecule has 0 bridgehead atoms. The van der Waals surface area contributed by atoms with Crippen LogP contribution >= 0.6 is 0 Å². The number of hydrogen-bond acceptors (Lipinski definition) is 10. The Labute approximate surface area is 217 Å². The number of fused-ring (bicyclic) bond motifs is 1. The molecule has 0 saturated carbocycles. The third kappa shape index (κ3) is 4.89. The van der Waals surface area contributed by atoms with Gasteiger partial charge < -0.3 is 23.2 Å². The molecule has 0 aliphatic rings. The molecular weight excluding hydrogens is 512 g/mol. The van der Waals surface area contributed by atoms with Crippen LogP contribution in [0.3, 0.4) is 0 Å². The van der Waals surface area contributed by atoms with E-state index in [-0.39, 0.29) is 27.7 Å². The number of methoxy groups -OCH3 is 3. The van der Waals surface area contributed by atoms with E-state index in [0.29, 0.717) is 28.5 Å². The molecule has 0 amide bonds. The van der Waals surface area contributed by atoms with Crippen LogP contribution < -0.4 is 24.6 Å². The van der Waals surface area contributed by atoms with Gasteiger partial charge in [0.1, 0.15) is 33.3 Å². The molecule has 2 aromatic heterocycles. The largest absolute Gasteiger partial charge is 0.497 e. The molecule has 2 heterocycles. The number of aromatic nitrogens is 2. The fourth-order valence-electron chi connectivity index (χ4n) is 3.64. The van der Waals surface area contributed by atoms with E-state index < -0.39 is 10.0 Å². The number of rotatable bonds is 8. The van der Waals surface area contributed by atoms with Crippen molar-refractivity contribution in [2.24, 2.45) is 5.10 Å². The van der Waals surface area contributed by atoms with Gasteiger partial charge in [-0.15, -0.1) is 5.10 Å². The Morgan fingerprint density at radius 3 is 2.34 bits per heavy atom. The number of nitrogens with one attached hydrogen (secondary N) is 1. The molecule has 0 aliphatic heterocycles. The minimum absolute atomic E-state index is 0.0842. The summed E-state index contributed by atoms with van der Waals surface area (Å²) in [5.74, 6) is 1.54.